The molecule has 0 heterocycles. The van der Waals surface area contributed by atoms with E-state index in [2.05, 4.69) is 25.6 Å². The maximum Gasteiger partial charge on any atom is 0.0384 e. The Bertz CT molecular complexity index is 605. The van der Waals surface area contributed by atoms with Crippen molar-refractivity contribution in [1.29, 1.82) is 0 Å². The Morgan fingerprint density at radius 3 is 2.45 bits per heavy atom. The molecule has 5 aliphatic carbocycles. The van der Waals surface area contributed by atoms with E-state index in [9.17, 15) is 0 Å². The van der Waals surface area contributed by atoms with Gasteiger partial charge in [-0.2, -0.15) is 0 Å². The molecule has 5 rings (SSSR count). The summed E-state index contributed by atoms with van der Waals surface area (Å²) in [6, 6.07) is 0. The summed E-state index contributed by atoms with van der Waals surface area (Å²) in [5.41, 5.74) is 2.13. The van der Waals surface area contributed by atoms with Crippen molar-refractivity contribution in [3.63, 3.8) is 0 Å². The molecule has 8 unspecified atom stereocenters. The van der Waals surface area contributed by atoms with Crippen LogP contribution in [0.3, 0.4) is 0 Å². The molecular formula is C28H47N. The number of aliphatic imine (C=N–C) groups is 1. The molecule has 0 aliphatic heterocycles. The van der Waals surface area contributed by atoms with Crippen LogP contribution < -0.4 is 0 Å². The van der Waals surface area contributed by atoms with Gasteiger partial charge in [0, 0.05) is 6.54 Å². The molecule has 1 nitrogen and oxygen atoms in total. The lowest BCUT2D eigenvalue weighted by atomic mass is 9.34. The van der Waals surface area contributed by atoms with E-state index in [-0.39, 0.29) is 0 Å². The van der Waals surface area contributed by atoms with Gasteiger partial charge in [-0.25, -0.2) is 0 Å². The molecule has 5 fully saturated rings. The van der Waals surface area contributed by atoms with Gasteiger partial charge in [-0.3, -0.25) is 0 Å². The van der Waals surface area contributed by atoms with E-state index in [0.717, 1.165) is 41.5 Å². The molecule has 0 saturated heterocycles. The van der Waals surface area contributed by atoms with Crippen LogP contribution in [0.15, 0.2) is 4.99 Å². The lowest BCUT2D eigenvalue weighted by molar-refractivity contribution is -0.216. The molecule has 0 radical (unpaired) electrons. The van der Waals surface area contributed by atoms with Gasteiger partial charge in [-0.15, -0.1) is 0 Å². The highest BCUT2D eigenvalue weighted by Gasteiger charge is 2.68. The van der Waals surface area contributed by atoms with Crippen molar-refractivity contribution in [3.05, 3.63) is 0 Å². The standard InChI is InChI=1S/C28H47N/c1-4-8-24-10-7-13-26-16-17-28(24,26)20-23(5-2)27-14-6-9-21(11-15-27)25(27)22(19-26)12-18-29-3/h21-25H,3-20H2,1-2H3. The maximum atomic E-state index is 4.39. The monoisotopic (exact) mass is 397 g/mol. The first-order valence-electron chi connectivity index (χ1n) is 13.6. The normalized spacial score (nSPS) is 51.0. The van der Waals surface area contributed by atoms with Gasteiger partial charge in [0.25, 0.3) is 0 Å². The Kier molecular flexibility index (Phi) is 5.44. The van der Waals surface area contributed by atoms with E-state index in [1.165, 1.54) is 44.9 Å². The molecule has 0 spiro atoms. The van der Waals surface area contributed by atoms with Gasteiger partial charge in [0.15, 0.2) is 0 Å². The first kappa shape index (κ1) is 20.6. The first-order valence-corrected chi connectivity index (χ1v) is 13.6. The molecule has 0 aromatic rings. The van der Waals surface area contributed by atoms with E-state index in [1.807, 2.05) is 0 Å². The number of hydrogen-bond donors (Lipinski definition) is 0. The van der Waals surface area contributed by atoms with Crippen LogP contribution in [0.1, 0.15) is 117 Å². The second-order valence-corrected chi connectivity index (χ2v) is 12.3. The summed E-state index contributed by atoms with van der Waals surface area (Å²) in [4.78, 5) is 4.39. The van der Waals surface area contributed by atoms with Gasteiger partial charge in [-0.05, 0) is 117 Å². The molecule has 5 saturated carbocycles. The number of rotatable bonds is 6. The van der Waals surface area contributed by atoms with E-state index < -0.39 is 0 Å². The minimum absolute atomic E-state index is 0.703. The summed E-state index contributed by atoms with van der Waals surface area (Å²) in [6.45, 7) is 9.91. The van der Waals surface area contributed by atoms with Crippen molar-refractivity contribution in [2.45, 2.75) is 117 Å². The third-order valence-corrected chi connectivity index (χ3v) is 11.8. The number of hydrogen-bond acceptors (Lipinski definition) is 1. The Morgan fingerprint density at radius 1 is 0.862 bits per heavy atom. The Labute approximate surface area is 180 Å². The molecule has 0 N–H and O–H groups in total. The van der Waals surface area contributed by atoms with E-state index in [4.69, 9.17) is 0 Å². The van der Waals surface area contributed by atoms with Crippen LogP contribution in [0, 0.1) is 45.8 Å². The predicted octanol–water partition coefficient (Wildman–Crippen LogP) is 8.08. The van der Waals surface area contributed by atoms with Crippen molar-refractivity contribution < 1.29 is 0 Å². The summed E-state index contributed by atoms with van der Waals surface area (Å²) in [7, 11) is 0. The van der Waals surface area contributed by atoms with Crippen LogP contribution in [0.2, 0.25) is 0 Å². The van der Waals surface area contributed by atoms with Crippen LogP contribution in [-0.4, -0.2) is 13.3 Å². The summed E-state index contributed by atoms with van der Waals surface area (Å²) in [5, 5.41) is 0. The maximum absolute atomic E-state index is 4.39. The number of nitrogens with zero attached hydrogens (tertiary/aromatic N) is 1. The molecule has 8 atom stereocenters. The van der Waals surface area contributed by atoms with Crippen LogP contribution >= 0.6 is 0 Å². The second kappa shape index (κ2) is 7.67. The van der Waals surface area contributed by atoms with Crippen LogP contribution in [-0.2, 0) is 0 Å². The summed E-state index contributed by atoms with van der Waals surface area (Å²) < 4.78 is 0. The van der Waals surface area contributed by atoms with Crippen molar-refractivity contribution in [1.82, 2.24) is 0 Å². The van der Waals surface area contributed by atoms with Gasteiger partial charge in [0.05, 0.1) is 0 Å². The van der Waals surface area contributed by atoms with E-state index >= 15 is 0 Å². The quantitative estimate of drug-likeness (QED) is 0.402. The summed E-state index contributed by atoms with van der Waals surface area (Å²) in [6.07, 6.45) is 24.4. The van der Waals surface area contributed by atoms with Crippen LogP contribution in [0.25, 0.3) is 0 Å². The highest BCUT2D eigenvalue weighted by atomic mass is 14.7. The van der Waals surface area contributed by atoms with Gasteiger partial charge >= 0.3 is 0 Å². The average molecular weight is 398 g/mol. The zero-order valence-electron chi connectivity index (χ0n) is 19.6. The van der Waals surface area contributed by atoms with Crippen LogP contribution in [0.4, 0.5) is 0 Å². The molecule has 2 bridgehead atoms. The largest absolute Gasteiger partial charge is 0.301 e. The van der Waals surface area contributed by atoms with Crippen molar-refractivity contribution >= 4 is 6.72 Å². The van der Waals surface area contributed by atoms with E-state index in [0.29, 0.717) is 10.8 Å². The van der Waals surface area contributed by atoms with Gasteiger partial charge in [-0.1, -0.05) is 52.4 Å². The summed E-state index contributed by atoms with van der Waals surface area (Å²) in [5.74, 6) is 5.07. The molecular weight excluding hydrogens is 350 g/mol. The van der Waals surface area contributed by atoms with Crippen LogP contribution in [0.5, 0.6) is 0 Å². The van der Waals surface area contributed by atoms with E-state index in [1.54, 1.807) is 57.8 Å². The molecule has 0 aromatic carbocycles. The zero-order valence-corrected chi connectivity index (χ0v) is 19.6. The zero-order chi connectivity index (χ0) is 20.1. The lowest BCUT2D eigenvalue weighted by Gasteiger charge is -2.71. The Hall–Kier alpha value is -0.330. The smallest absolute Gasteiger partial charge is 0.0384 e. The molecule has 1 heteroatoms. The minimum atomic E-state index is 0.703. The van der Waals surface area contributed by atoms with Crippen molar-refractivity contribution in [2.24, 2.45) is 50.8 Å². The molecule has 164 valence electrons. The molecule has 5 aliphatic rings. The fourth-order valence-electron chi connectivity index (χ4n) is 10.9. The lowest BCUT2D eigenvalue weighted by Crippen LogP contribution is -2.62. The summed E-state index contributed by atoms with van der Waals surface area (Å²) >= 11 is 0. The van der Waals surface area contributed by atoms with Crippen molar-refractivity contribution in [2.75, 3.05) is 6.54 Å². The Morgan fingerprint density at radius 2 is 1.72 bits per heavy atom. The highest BCUT2D eigenvalue weighted by molar-refractivity contribution is 5.23. The third-order valence-electron chi connectivity index (χ3n) is 11.8. The fraction of sp³-hybridized carbons (Fsp3) is 0.964. The first-order chi connectivity index (χ1) is 14.1. The topological polar surface area (TPSA) is 12.4 Å². The van der Waals surface area contributed by atoms with Gasteiger partial charge in [0.2, 0.25) is 0 Å². The molecule has 0 amide bonds. The SMILES string of the molecule is C=NCCC1CC23CCCC(CCC)C2(CC3)CC(CC)C23CCCC(CC2)C13. The van der Waals surface area contributed by atoms with Gasteiger partial charge < -0.3 is 4.99 Å². The second-order valence-electron chi connectivity index (χ2n) is 12.3. The highest BCUT2D eigenvalue weighted by Crippen LogP contribution is 2.77. The average Bonchev–Trinajstić information content (AvgIpc) is 2.93. The van der Waals surface area contributed by atoms with Crippen molar-refractivity contribution in [3.8, 4) is 0 Å². The Balaban J connectivity index is 1.58. The van der Waals surface area contributed by atoms with Gasteiger partial charge in [0.1, 0.15) is 0 Å². The molecule has 29 heavy (non-hydrogen) atoms. The minimum Gasteiger partial charge on any atom is -0.301 e. The fourth-order valence-corrected chi connectivity index (χ4v) is 10.9. The molecule has 0 aromatic heterocycles. The predicted molar refractivity (Wildman–Crippen MR) is 124 cm³/mol. The third kappa shape index (κ3) is 2.80.